The molecule has 1 aromatic heterocycles. The molecule has 0 radical (unpaired) electrons. The minimum Gasteiger partial charge on any atom is -0.386 e. The van der Waals surface area contributed by atoms with Gasteiger partial charge in [0.25, 0.3) is 0 Å². The number of nitrogens with zero attached hydrogens (tertiary/aromatic N) is 1. The molecule has 1 aromatic rings. The summed E-state index contributed by atoms with van der Waals surface area (Å²) in [5.41, 5.74) is -0.451. The Bertz CT molecular complexity index is 549. The van der Waals surface area contributed by atoms with Gasteiger partial charge in [0.1, 0.15) is 0 Å². The molecule has 0 aliphatic heterocycles. The molecule has 0 aliphatic carbocycles. The number of sulfone groups is 1. The van der Waals surface area contributed by atoms with Gasteiger partial charge in [-0.1, -0.05) is 20.8 Å². The van der Waals surface area contributed by atoms with Gasteiger partial charge >= 0.3 is 0 Å². The number of rotatable bonds is 2. The van der Waals surface area contributed by atoms with Crippen LogP contribution in [0.15, 0.2) is 17.2 Å². The Morgan fingerprint density at radius 1 is 1.17 bits per heavy atom. The van der Waals surface area contributed by atoms with Crippen LogP contribution in [0.4, 0.5) is 0 Å². The summed E-state index contributed by atoms with van der Waals surface area (Å²) < 4.78 is 23.7. The van der Waals surface area contributed by atoms with Crippen molar-refractivity contribution in [2.24, 2.45) is 0 Å². The summed E-state index contributed by atoms with van der Waals surface area (Å²) in [7, 11) is -3.37. The van der Waals surface area contributed by atoms with E-state index in [0.29, 0.717) is 11.3 Å². The van der Waals surface area contributed by atoms with Crippen LogP contribution in [-0.2, 0) is 20.9 Å². The van der Waals surface area contributed by atoms with Gasteiger partial charge in [-0.15, -0.1) is 0 Å². The summed E-state index contributed by atoms with van der Waals surface area (Å²) in [6.45, 7) is 8.94. The zero-order valence-corrected chi connectivity index (χ0v) is 12.6. The van der Waals surface area contributed by atoms with Crippen LogP contribution < -0.4 is 0 Å². The van der Waals surface area contributed by atoms with E-state index in [2.05, 4.69) is 4.98 Å². The van der Waals surface area contributed by atoms with Gasteiger partial charge in [-0.3, -0.25) is 4.98 Å². The molecule has 1 N–H and O–H groups in total. The summed E-state index contributed by atoms with van der Waals surface area (Å²) in [6, 6.07) is 1.52. The van der Waals surface area contributed by atoms with Gasteiger partial charge in [0.2, 0.25) is 0 Å². The minimum absolute atomic E-state index is 0.189. The van der Waals surface area contributed by atoms with Crippen molar-refractivity contribution in [3.8, 4) is 0 Å². The fourth-order valence-corrected chi connectivity index (χ4v) is 2.68. The van der Waals surface area contributed by atoms with E-state index in [0.717, 1.165) is 6.26 Å². The monoisotopic (exact) mass is 271 g/mol. The number of aromatic nitrogens is 1. The van der Waals surface area contributed by atoms with Crippen LogP contribution in [0.2, 0.25) is 0 Å². The fourth-order valence-electron chi connectivity index (χ4n) is 1.63. The molecule has 0 saturated carbocycles. The maximum Gasteiger partial charge on any atom is 0.177 e. The highest BCUT2D eigenvalue weighted by molar-refractivity contribution is 7.90. The first-order chi connectivity index (χ1) is 7.83. The molecule has 0 saturated heterocycles. The van der Waals surface area contributed by atoms with E-state index >= 15 is 0 Å². The van der Waals surface area contributed by atoms with Crippen LogP contribution in [0.25, 0.3) is 0 Å². The molecule has 0 unspecified atom stereocenters. The van der Waals surface area contributed by atoms with Crippen molar-refractivity contribution in [2.45, 2.75) is 50.5 Å². The maximum absolute atomic E-state index is 11.9. The Kier molecular flexibility index (Phi) is 3.62. The lowest BCUT2D eigenvalue weighted by atomic mass is 9.90. The summed E-state index contributed by atoms with van der Waals surface area (Å²) in [5, 5.41) is 9.94. The van der Waals surface area contributed by atoms with Crippen molar-refractivity contribution in [3.63, 3.8) is 0 Å². The smallest absolute Gasteiger partial charge is 0.177 e. The molecule has 0 fully saturated rings. The van der Waals surface area contributed by atoms with Gasteiger partial charge < -0.3 is 5.11 Å². The van der Waals surface area contributed by atoms with Crippen molar-refractivity contribution in [1.82, 2.24) is 4.98 Å². The van der Waals surface area contributed by atoms with Gasteiger partial charge in [0, 0.05) is 23.4 Å². The van der Waals surface area contributed by atoms with Crippen LogP contribution in [0, 0.1) is 0 Å². The molecule has 0 aliphatic rings. The predicted molar refractivity (Wildman–Crippen MR) is 71.3 cm³/mol. The Morgan fingerprint density at radius 3 is 2.00 bits per heavy atom. The first-order valence-electron chi connectivity index (χ1n) is 5.77. The first kappa shape index (κ1) is 15.1. The molecular formula is C13H21NO3S. The van der Waals surface area contributed by atoms with E-state index in [-0.39, 0.29) is 10.3 Å². The van der Waals surface area contributed by atoms with Crippen LogP contribution in [0.3, 0.4) is 0 Å². The average Bonchev–Trinajstić information content (AvgIpc) is 2.12. The molecule has 5 heteroatoms. The second kappa shape index (κ2) is 4.31. The van der Waals surface area contributed by atoms with E-state index in [1.54, 1.807) is 13.8 Å². The highest BCUT2D eigenvalue weighted by atomic mass is 32.2. The van der Waals surface area contributed by atoms with Crippen LogP contribution in [-0.4, -0.2) is 24.8 Å². The molecule has 0 atom stereocenters. The predicted octanol–water partition coefficient (Wildman–Crippen LogP) is 2.01. The summed E-state index contributed by atoms with van der Waals surface area (Å²) in [6.07, 6.45) is 2.70. The lowest BCUT2D eigenvalue weighted by molar-refractivity contribution is 0.0778. The van der Waals surface area contributed by atoms with Crippen molar-refractivity contribution in [1.29, 1.82) is 0 Å². The highest BCUT2D eigenvalue weighted by Crippen LogP contribution is 2.30. The Morgan fingerprint density at radius 2 is 1.67 bits per heavy atom. The molecule has 1 rings (SSSR count). The van der Waals surface area contributed by atoms with Gasteiger partial charge in [-0.05, 0) is 19.9 Å². The molecule has 4 nitrogen and oxygen atoms in total. The van der Waals surface area contributed by atoms with E-state index in [1.807, 2.05) is 20.8 Å². The third-order valence-electron chi connectivity index (χ3n) is 2.67. The van der Waals surface area contributed by atoms with Crippen molar-refractivity contribution in [3.05, 3.63) is 23.5 Å². The summed E-state index contributed by atoms with van der Waals surface area (Å²) >= 11 is 0. The molecule has 0 spiro atoms. The van der Waals surface area contributed by atoms with Gasteiger partial charge in [0.05, 0.1) is 16.2 Å². The van der Waals surface area contributed by atoms with Crippen LogP contribution in [0.1, 0.15) is 45.9 Å². The fraction of sp³-hybridized carbons (Fsp3) is 0.615. The number of pyridine rings is 1. The van der Waals surface area contributed by atoms with Crippen molar-refractivity contribution in [2.75, 3.05) is 6.26 Å². The number of hydrogen-bond donors (Lipinski definition) is 1. The van der Waals surface area contributed by atoms with Gasteiger partial charge in [0.15, 0.2) is 9.84 Å². The Balaban J connectivity index is 3.61. The average molecular weight is 271 g/mol. The lowest BCUT2D eigenvalue weighted by Crippen LogP contribution is -2.22. The maximum atomic E-state index is 11.9. The van der Waals surface area contributed by atoms with E-state index in [4.69, 9.17) is 0 Å². The third-order valence-corrected chi connectivity index (χ3v) is 3.78. The summed E-state index contributed by atoms with van der Waals surface area (Å²) in [4.78, 5) is 4.43. The van der Waals surface area contributed by atoms with Crippen molar-refractivity contribution >= 4 is 9.84 Å². The molecule has 1 heterocycles. The molecule has 0 bridgehead atoms. The van der Waals surface area contributed by atoms with Crippen LogP contribution >= 0.6 is 0 Å². The standard InChI is InChI=1S/C13H21NO3S/c1-12(2,3)11-10(18(6,16)17)7-9(8-14-11)13(4,5)15/h7-8,15H,1-6H3. The Labute approximate surface area is 109 Å². The first-order valence-corrected chi connectivity index (χ1v) is 7.66. The zero-order valence-electron chi connectivity index (χ0n) is 11.8. The third kappa shape index (κ3) is 3.29. The van der Waals surface area contributed by atoms with Gasteiger partial charge in [-0.2, -0.15) is 0 Å². The van der Waals surface area contributed by atoms with E-state index < -0.39 is 15.4 Å². The second-order valence-electron chi connectivity index (χ2n) is 6.15. The summed E-state index contributed by atoms with van der Waals surface area (Å²) in [5.74, 6) is 0. The SMILES string of the molecule is CC(C)(C)c1ncc(C(C)(C)O)cc1S(C)(=O)=O. The largest absolute Gasteiger partial charge is 0.386 e. The molecular weight excluding hydrogens is 250 g/mol. The normalized spacial score (nSPS) is 13.7. The van der Waals surface area contributed by atoms with Crippen LogP contribution in [0.5, 0.6) is 0 Å². The zero-order chi connectivity index (χ0) is 14.4. The second-order valence-corrected chi connectivity index (χ2v) is 8.14. The van der Waals surface area contributed by atoms with E-state index in [9.17, 15) is 13.5 Å². The van der Waals surface area contributed by atoms with E-state index in [1.165, 1.54) is 12.3 Å². The molecule has 18 heavy (non-hydrogen) atoms. The minimum atomic E-state index is -3.37. The number of hydrogen-bond acceptors (Lipinski definition) is 4. The Hall–Kier alpha value is -0.940. The highest BCUT2D eigenvalue weighted by Gasteiger charge is 2.27. The lowest BCUT2D eigenvalue weighted by Gasteiger charge is -2.24. The molecule has 102 valence electrons. The topological polar surface area (TPSA) is 67.3 Å². The molecule has 0 amide bonds. The van der Waals surface area contributed by atoms with Crippen molar-refractivity contribution < 1.29 is 13.5 Å². The quantitative estimate of drug-likeness (QED) is 0.893. The number of aliphatic hydroxyl groups is 1. The van der Waals surface area contributed by atoms with Gasteiger partial charge in [-0.25, -0.2) is 8.42 Å². The molecule has 0 aromatic carbocycles.